The molecule has 0 amide bonds. The topological polar surface area (TPSA) is 43.1 Å². The van der Waals surface area contributed by atoms with E-state index in [-0.39, 0.29) is 5.78 Å². The summed E-state index contributed by atoms with van der Waals surface area (Å²) in [6.07, 6.45) is 9.45. The third-order valence-corrected chi connectivity index (χ3v) is 3.91. The van der Waals surface area contributed by atoms with Gasteiger partial charge in [-0.1, -0.05) is 70.1 Å². The molecule has 23 heavy (non-hydrogen) atoms. The van der Waals surface area contributed by atoms with E-state index in [2.05, 4.69) is 45.6 Å². The number of nitrogen functional groups attached to an aromatic ring is 1. The molecule has 1 aromatic rings. The Balaban J connectivity index is 3.33. The molecule has 0 aliphatic heterocycles. The summed E-state index contributed by atoms with van der Waals surface area (Å²) in [6, 6.07) is 5.55. The number of allylic oxidation sites excluding steroid dienone is 5. The van der Waals surface area contributed by atoms with E-state index in [1.165, 1.54) is 0 Å². The SMILES string of the molecule is C=C(/C=C\C(=C/C(C)CC)c1ccc(N)cc1C(C)=O)CCC. The molecule has 0 saturated carbocycles. The predicted octanol–water partition coefficient (Wildman–Crippen LogP) is 5.81. The maximum absolute atomic E-state index is 12.0. The first-order chi connectivity index (χ1) is 10.9. The molecular weight excluding hydrogens is 282 g/mol. The minimum absolute atomic E-state index is 0.0307. The van der Waals surface area contributed by atoms with Gasteiger partial charge in [-0.05, 0) is 42.5 Å². The summed E-state index contributed by atoms with van der Waals surface area (Å²) in [5.74, 6) is 0.467. The van der Waals surface area contributed by atoms with E-state index < -0.39 is 0 Å². The second-order valence-corrected chi connectivity index (χ2v) is 6.11. The van der Waals surface area contributed by atoms with E-state index in [0.717, 1.165) is 36.0 Å². The first-order valence-electron chi connectivity index (χ1n) is 8.37. The Morgan fingerprint density at radius 2 is 1.96 bits per heavy atom. The molecule has 0 aliphatic rings. The van der Waals surface area contributed by atoms with Crippen LogP contribution in [0.1, 0.15) is 62.9 Å². The number of hydrogen-bond acceptors (Lipinski definition) is 2. The van der Waals surface area contributed by atoms with Crippen molar-refractivity contribution in [2.24, 2.45) is 5.92 Å². The van der Waals surface area contributed by atoms with Crippen molar-refractivity contribution in [3.05, 3.63) is 59.7 Å². The second-order valence-electron chi connectivity index (χ2n) is 6.11. The number of carbonyl (C=O) groups excluding carboxylic acids is 1. The lowest BCUT2D eigenvalue weighted by molar-refractivity contribution is 0.101. The Morgan fingerprint density at radius 3 is 2.52 bits per heavy atom. The van der Waals surface area contributed by atoms with E-state index >= 15 is 0 Å². The van der Waals surface area contributed by atoms with Crippen LogP contribution in [-0.2, 0) is 0 Å². The Hall–Kier alpha value is -2.09. The predicted molar refractivity (Wildman–Crippen MR) is 101 cm³/mol. The van der Waals surface area contributed by atoms with Crippen molar-refractivity contribution in [3.63, 3.8) is 0 Å². The first-order valence-corrected chi connectivity index (χ1v) is 8.37. The molecule has 0 aliphatic carbocycles. The molecule has 0 saturated heterocycles. The van der Waals surface area contributed by atoms with Gasteiger partial charge in [-0.3, -0.25) is 4.79 Å². The number of hydrogen-bond donors (Lipinski definition) is 1. The smallest absolute Gasteiger partial charge is 0.160 e. The standard InChI is InChI=1S/C21H29NO/c1-6-8-16(4)9-10-18(13-15(3)7-2)20-12-11-19(22)14-21(20)17(5)23/h9-15H,4,6-8,22H2,1-3,5H3/b10-9-,18-13+. The molecule has 124 valence electrons. The summed E-state index contributed by atoms with van der Waals surface area (Å²) >= 11 is 0. The molecule has 2 N–H and O–H groups in total. The molecule has 1 atom stereocenters. The van der Waals surface area contributed by atoms with Crippen LogP contribution < -0.4 is 5.73 Å². The van der Waals surface area contributed by atoms with Gasteiger partial charge in [0.2, 0.25) is 0 Å². The van der Waals surface area contributed by atoms with Gasteiger partial charge < -0.3 is 5.73 Å². The van der Waals surface area contributed by atoms with Crippen LogP contribution in [0.4, 0.5) is 5.69 Å². The third-order valence-electron chi connectivity index (χ3n) is 3.91. The highest BCUT2D eigenvalue weighted by Crippen LogP contribution is 2.26. The summed E-state index contributed by atoms with van der Waals surface area (Å²) in [6.45, 7) is 12.1. The van der Waals surface area contributed by atoms with E-state index in [1.807, 2.05) is 12.1 Å². The van der Waals surface area contributed by atoms with Crippen molar-refractivity contribution in [1.82, 2.24) is 0 Å². The number of Topliss-reactive ketones (excluding diaryl/α,β-unsaturated/α-hetero) is 1. The monoisotopic (exact) mass is 311 g/mol. The fourth-order valence-corrected chi connectivity index (χ4v) is 2.38. The van der Waals surface area contributed by atoms with Crippen LogP contribution in [0, 0.1) is 5.92 Å². The van der Waals surface area contributed by atoms with Crippen LogP contribution in [0.5, 0.6) is 0 Å². The number of carbonyl (C=O) groups is 1. The molecule has 0 aromatic heterocycles. The van der Waals surface area contributed by atoms with E-state index in [0.29, 0.717) is 17.2 Å². The van der Waals surface area contributed by atoms with Crippen LogP contribution >= 0.6 is 0 Å². The largest absolute Gasteiger partial charge is 0.399 e. The van der Waals surface area contributed by atoms with Gasteiger partial charge in [-0.25, -0.2) is 0 Å². The second kappa shape index (κ2) is 9.14. The lowest BCUT2D eigenvalue weighted by atomic mass is 9.92. The number of rotatable bonds is 8. The highest BCUT2D eigenvalue weighted by Gasteiger charge is 2.11. The van der Waals surface area contributed by atoms with E-state index in [9.17, 15) is 4.79 Å². The molecule has 0 heterocycles. The van der Waals surface area contributed by atoms with Gasteiger partial charge in [-0.2, -0.15) is 0 Å². The van der Waals surface area contributed by atoms with Crippen LogP contribution in [0.15, 0.2) is 48.6 Å². The molecule has 1 aromatic carbocycles. The fraction of sp³-hybridized carbons (Fsp3) is 0.381. The van der Waals surface area contributed by atoms with Crippen molar-refractivity contribution < 1.29 is 4.79 Å². The van der Waals surface area contributed by atoms with Crippen LogP contribution in [0.3, 0.4) is 0 Å². The molecule has 0 bridgehead atoms. The van der Waals surface area contributed by atoms with Crippen molar-refractivity contribution in [2.75, 3.05) is 5.73 Å². The number of ketones is 1. The third kappa shape index (κ3) is 5.90. The van der Waals surface area contributed by atoms with Crippen molar-refractivity contribution in [1.29, 1.82) is 0 Å². The summed E-state index contributed by atoms with van der Waals surface area (Å²) < 4.78 is 0. The van der Waals surface area contributed by atoms with E-state index in [4.69, 9.17) is 5.73 Å². The number of nitrogens with two attached hydrogens (primary N) is 1. The minimum Gasteiger partial charge on any atom is -0.399 e. The van der Waals surface area contributed by atoms with Crippen molar-refractivity contribution >= 4 is 17.0 Å². The highest BCUT2D eigenvalue weighted by molar-refractivity contribution is 6.01. The van der Waals surface area contributed by atoms with Crippen molar-refractivity contribution in [2.45, 2.75) is 47.0 Å². The quantitative estimate of drug-likeness (QED) is 0.374. The molecule has 1 rings (SSSR count). The van der Waals surface area contributed by atoms with E-state index in [1.54, 1.807) is 13.0 Å². The molecule has 0 radical (unpaired) electrons. The van der Waals surface area contributed by atoms with Crippen LogP contribution in [-0.4, -0.2) is 5.78 Å². The molecule has 0 spiro atoms. The summed E-state index contributed by atoms with van der Waals surface area (Å²) in [5.41, 5.74) is 10.2. The highest BCUT2D eigenvalue weighted by atomic mass is 16.1. The normalized spacial score (nSPS) is 13.3. The number of anilines is 1. The average molecular weight is 311 g/mol. The van der Waals surface area contributed by atoms with Crippen LogP contribution in [0.25, 0.3) is 5.57 Å². The summed E-state index contributed by atoms with van der Waals surface area (Å²) in [5, 5.41) is 0. The van der Waals surface area contributed by atoms with Crippen LogP contribution in [0.2, 0.25) is 0 Å². The maximum Gasteiger partial charge on any atom is 0.160 e. The Kier molecular flexibility index (Phi) is 7.53. The number of benzene rings is 1. The summed E-state index contributed by atoms with van der Waals surface area (Å²) in [4.78, 5) is 12.0. The van der Waals surface area contributed by atoms with Gasteiger partial charge in [0.15, 0.2) is 5.78 Å². The average Bonchev–Trinajstić information content (AvgIpc) is 2.51. The molecular formula is C21H29NO. The zero-order valence-corrected chi connectivity index (χ0v) is 14.9. The fourth-order valence-electron chi connectivity index (χ4n) is 2.38. The Morgan fingerprint density at radius 1 is 1.26 bits per heavy atom. The van der Waals surface area contributed by atoms with Gasteiger partial charge in [0.05, 0.1) is 0 Å². The molecule has 1 unspecified atom stereocenters. The zero-order valence-electron chi connectivity index (χ0n) is 14.9. The van der Waals surface area contributed by atoms with Gasteiger partial charge in [0.1, 0.15) is 0 Å². The van der Waals surface area contributed by atoms with Crippen molar-refractivity contribution in [3.8, 4) is 0 Å². The molecule has 2 nitrogen and oxygen atoms in total. The van der Waals surface area contributed by atoms with Gasteiger partial charge >= 0.3 is 0 Å². The van der Waals surface area contributed by atoms with Gasteiger partial charge in [0, 0.05) is 11.3 Å². The zero-order chi connectivity index (χ0) is 17.4. The molecule has 2 heteroatoms. The van der Waals surface area contributed by atoms with Gasteiger partial charge in [0.25, 0.3) is 0 Å². The molecule has 0 fully saturated rings. The first kappa shape index (κ1) is 19.0. The Bertz CT molecular complexity index is 623. The lowest BCUT2D eigenvalue weighted by Gasteiger charge is -2.12. The van der Waals surface area contributed by atoms with Gasteiger partial charge in [-0.15, -0.1) is 0 Å². The maximum atomic E-state index is 12.0. The minimum atomic E-state index is 0.0307. The summed E-state index contributed by atoms with van der Waals surface area (Å²) in [7, 11) is 0. The lowest BCUT2D eigenvalue weighted by Crippen LogP contribution is -2.01. The Labute approximate surface area is 140 Å².